The second-order valence-corrected chi connectivity index (χ2v) is 3.35. The van der Waals surface area contributed by atoms with Gasteiger partial charge in [0.25, 0.3) is 0 Å². The molecule has 0 amide bonds. The molecular formula is C11H14O4. The maximum Gasteiger partial charge on any atom is 0.339 e. The van der Waals surface area contributed by atoms with Crippen molar-refractivity contribution >= 4 is 5.97 Å². The summed E-state index contributed by atoms with van der Waals surface area (Å²) in [6, 6.07) is 4.35. The highest BCUT2D eigenvalue weighted by Crippen LogP contribution is 2.30. The molecule has 1 aromatic carbocycles. The van der Waals surface area contributed by atoms with E-state index in [1.165, 1.54) is 18.2 Å². The average Bonchev–Trinajstić information content (AvgIpc) is 2.17. The summed E-state index contributed by atoms with van der Waals surface area (Å²) in [6.45, 7) is 1.90. The van der Waals surface area contributed by atoms with Crippen LogP contribution in [-0.4, -0.2) is 21.3 Å². The van der Waals surface area contributed by atoms with Gasteiger partial charge in [-0.1, -0.05) is 25.5 Å². The molecule has 4 heteroatoms. The Hall–Kier alpha value is -1.55. The first-order valence-electron chi connectivity index (χ1n) is 4.81. The van der Waals surface area contributed by atoms with Crippen molar-refractivity contribution in [2.75, 3.05) is 0 Å². The molecule has 0 aliphatic rings. The van der Waals surface area contributed by atoms with E-state index in [1.807, 2.05) is 6.92 Å². The van der Waals surface area contributed by atoms with Gasteiger partial charge in [0.1, 0.15) is 11.3 Å². The van der Waals surface area contributed by atoms with Gasteiger partial charge in [0.15, 0.2) is 0 Å². The third-order valence-electron chi connectivity index (χ3n) is 2.22. The lowest BCUT2D eigenvalue weighted by atomic mass is 10.0. The zero-order chi connectivity index (χ0) is 11.4. The molecule has 0 bridgehead atoms. The van der Waals surface area contributed by atoms with E-state index < -0.39 is 12.1 Å². The summed E-state index contributed by atoms with van der Waals surface area (Å²) in [5, 5.41) is 28.0. The summed E-state index contributed by atoms with van der Waals surface area (Å²) >= 11 is 0. The van der Waals surface area contributed by atoms with Crippen LogP contribution in [-0.2, 0) is 0 Å². The summed E-state index contributed by atoms with van der Waals surface area (Å²) in [6.07, 6.45) is 0.448. The maximum absolute atomic E-state index is 10.7. The van der Waals surface area contributed by atoms with Crippen LogP contribution in [0, 0.1) is 0 Å². The molecule has 3 N–H and O–H groups in total. The Balaban J connectivity index is 3.09. The first-order chi connectivity index (χ1) is 7.07. The molecule has 1 unspecified atom stereocenters. The molecule has 0 radical (unpaired) electrons. The molecule has 0 aliphatic carbocycles. The van der Waals surface area contributed by atoms with Gasteiger partial charge in [-0.25, -0.2) is 4.79 Å². The van der Waals surface area contributed by atoms with Crippen molar-refractivity contribution in [3.8, 4) is 5.75 Å². The molecule has 0 spiro atoms. The van der Waals surface area contributed by atoms with E-state index in [-0.39, 0.29) is 16.9 Å². The number of carbonyl (C=O) groups is 1. The van der Waals surface area contributed by atoms with Crippen LogP contribution in [0.2, 0.25) is 0 Å². The normalized spacial score (nSPS) is 12.4. The molecule has 1 rings (SSSR count). The molecule has 0 saturated carbocycles. The average molecular weight is 210 g/mol. The third-order valence-corrected chi connectivity index (χ3v) is 2.22. The molecule has 0 aliphatic heterocycles. The first kappa shape index (κ1) is 11.5. The largest absolute Gasteiger partial charge is 0.507 e. The number of para-hydroxylation sites is 1. The lowest BCUT2D eigenvalue weighted by molar-refractivity contribution is 0.0693. The molecule has 4 nitrogen and oxygen atoms in total. The number of aromatic hydroxyl groups is 1. The molecule has 0 heterocycles. The minimum absolute atomic E-state index is 0.178. The van der Waals surface area contributed by atoms with Gasteiger partial charge in [0.2, 0.25) is 0 Å². The number of rotatable bonds is 4. The summed E-state index contributed by atoms with van der Waals surface area (Å²) < 4.78 is 0. The van der Waals surface area contributed by atoms with Crippen LogP contribution in [0.25, 0.3) is 0 Å². The zero-order valence-electron chi connectivity index (χ0n) is 8.47. The third kappa shape index (κ3) is 2.47. The minimum atomic E-state index is -1.20. The van der Waals surface area contributed by atoms with Crippen LogP contribution in [0.5, 0.6) is 5.75 Å². The fourth-order valence-corrected chi connectivity index (χ4v) is 1.43. The molecule has 1 atom stereocenters. The number of hydrogen-bond donors (Lipinski definition) is 3. The fraction of sp³-hybridized carbons (Fsp3) is 0.364. The van der Waals surface area contributed by atoms with Crippen LogP contribution in [0.1, 0.15) is 41.8 Å². The van der Waals surface area contributed by atoms with Gasteiger partial charge >= 0.3 is 5.97 Å². The van der Waals surface area contributed by atoms with Gasteiger partial charge in [-0.3, -0.25) is 0 Å². The topological polar surface area (TPSA) is 77.8 Å². The number of carboxylic acid groups (broad SMARTS) is 1. The van der Waals surface area contributed by atoms with Crippen LogP contribution < -0.4 is 0 Å². The Kier molecular flexibility index (Phi) is 3.68. The van der Waals surface area contributed by atoms with Crippen LogP contribution in [0.3, 0.4) is 0 Å². The van der Waals surface area contributed by atoms with Crippen molar-refractivity contribution in [2.45, 2.75) is 25.9 Å². The molecule has 0 fully saturated rings. The molecule has 82 valence electrons. The van der Waals surface area contributed by atoms with Gasteiger partial charge in [0, 0.05) is 5.56 Å². The summed E-state index contributed by atoms with van der Waals surface area (Å²) in [4.78, 5) is 10.7. The van der Waals surface area contributed by atoms with E-state index in [2.05, 4.69) is 0 Å². The van der Waals surface area contributed by atoms with Crippen molar-refractivity contribution in [1.29, 1.82) is 0 Å². The number of aliphatic hydroxyl groups excluding tert-OH is 1. The highest BCUT2D eigenvalue weighted by molar-refractivity contribution is 5.91. The van der Waals surface area contributed by atoms with Crippen molar-refractivity contribution in [2.24, 2.45) is 0 Å². The second kappa shape index (κ2) is 4.79. The van der Waals surface area contributed by atoms with E-state index in [1.54, 1.807) is 0 Å². The lowest BCUT2D eigenvalue weighted by Crippen LogP contribution is -2.02. The first-order valence-corrected chi connectivity index (χ1v) is 4.81. The standard InChI is InChI=1S/C11H14O4/c1-2-4-9(12)7-5-3-6-8(10(7)13)11(14)15/h3,5-6,9,12-13H,2,4H2,1H3,(H,14,15). The molecule has 1 aromatic rings. The SMILES string of the molecule is CCCC(O)c1cccc(C(=O)O)c1O. The number of aliphatic hydroxyl groups is 1. The fourth-order valence-electron chi connectivity index (χ4n) is 1.43. The Morgan fingerprint density at radius 1 is 1.47 bits per heavy atom. The summed E-state index contributed by atoms with van der Waals surface area (Å²) in [5.41, 5.74) is 0.0967. The number of benzene rings is 1. The number of hydrogen-bond acceptors (Lipinski definition) is 3. The maximum atomic E-state index is 10.7. The van der Waals surface area contributed by atoms with E-state index in [0.717, 1.165) is 6.42 Å². The Morgan fingerprint density at radius 3 is 2.67 bits per heavy atom. The predicted octanol–water partition coefficient (Wildman–Crippen LogP) is 1.92. The summed E-state index contributed by atoms with van der Waals surface area (Å²) in [7, 11) is 0. The highest BCUT2D eigenvalue weighted by Gasteiger charge is 2.17. The monoisotopic (exact) mass is 210 g/mol. The Morgan fingerprint density at radius 2 is 2.13 bits per heavy atom. The van der Waals surface area contributed by atoms with Gasteiger partial charge in [0.05, 0.1) is 6.10 Å². The smallest absolute Gasteiger partial charge is 0.339 e. The van der Waals surface area contributed by atoms with Crippen molar-refractivity contribution in [3.05, 3.63) is 29.3 Å². The van der Waals surface area contributed by atoms with Crippen LogP contribution in [0.15, 0.2) is 18.2 Å². The predicted molar refractivity (Wildman–Crippen MR) is 54.9 cm³/mol. The van der Waals surface area contributed by atoms with E-state index in [4.69, 9.17) is 5.11 Å². The van der Waals surface area contributed by atoms with E-state index >= 15 is 0 Å². The van der Waals surface area contributed by atoms with Crippen molar-refractivity contribution in [3.63, 3.8) is 0 Å². The number of phenols is 1. The quantitative estimate of drug-likeness (QED) is 0.709. The van der Waals surface area contributed by atoms with Gasteiger partial charge in [-0.15, -0.1) is 0 Å². The second-order valence-electron chi connectivity index (χ2n) is 3.35. The van der Waals surface area contributed by atoms with Crippen molar-refractivity contribution < 1.29 is 20.1 Å². The van der Waals surface area contributed by atoms with Gasteiger partial charge in [-0.05, 0) is 12.5 Å². The van der Waals surface area contributed by atoms with Crippen LogP contribution in [0.4, 0.5) is 0 Å². The molecule has 0 aromatic heterocycles. The van der Waals surface area contributed by atoms with Gasteiger partial charge < -0.3 is 15.3 Å². The van der Waals surface area contributed by atoms with E-state index in [9.17, 15) is 15.0 Å². The highest BCUT2D eigenvalue weighted by atomic mass is 16.4. The van der Waals surface area contributed by atoms with Gasteiger partial charge in [-0.2, -0.15) is 0 Å². The van der Waals surface area contributed by atoms with Crippen molar-refractivity contribution in [1.82, 2.24) is 0 Å². The Labute approximate surface area is 87.8 Å². The molecule has 0 saturated heterocycles. The zero-order valence-corrected chi connectivity index (χ0v) is 8.47. The molecule has 15 heavy (non-hydrogen) atoms. The summed E-state index contributed by atoms with van der Waals surface area (Å²) in [5.74, 6) is -1.54. The van der Waals surface area contributed by atoms with Crippen LogP contribution >= 0.6 is 0 Å². The number of aromatic carboxylic acids is 1. The Bertz CT molecular complexity index is 360. The minimum Gasteiger partial charge on any atom is -0.507 e. The number of carboxylic acids is 1. The lowest BCUT2D eigenvalue weighted by Gasteiger charge is -2.12. The molecular weight excluding hydrogens is 196 g/mol. The van der Waals surface area contributed by atoms with E-state index in [0.29, 0.717) is 6.42 Å².